The molecule has 0 saturated heterocycles. The van der Waals surface area contributed by atoms with E-state index in [0.29, 0.717) is 5.56 Å². The van der Waals surface area contributed by atoms with Crippen molar-refractivity contribution in [2.45, 2.75) is 19.3 Å². The van der Waals surface area contributed by atoms with E-state index in [1.165, 1.54) is 0 Å². The van der Waals surface area contributed by atoms with Gasteiger partial charge in [0.2, 0.25) is 0 Å². The van der Waals surface area contributed by atoms with Gasteiger partial charge in [0.05, 0.1) is 12.5 Å². The monoisotopic (exact) mass is 332 g/mol. The van der Waals surface area contributed by atoms with Gasteiger partial charge in [0.15, 0.2) is 5.78 Å². The van der Waals surface area contributed by atoms with Crippen LogP contribution in [0.3, 0.4) is 0 Å². The number of carbonyl (C=O) groups is 1. The van der Waals surface area contributed by atoms with Gasteiger partial charge in [-0.25, -0.2) is 0 Å². The van der Waals surface area contributed by atoms with Gasteiger partial charge in [0.25, 0.3) is 0 Å². The molecule has 0 amide bonds. The van der Waals surface area contributed by atoms with E-state index >= 15 is 0 Å². The van der Waals surface area contributed by atoms with Crippen molar-refractivity contribution in [1.29, 1.82) is 0 Å². The fourth-order valence-electron chi connectivity index (χ4n) is 2.13. The summed E-state index contributed by atoms with van der Waals surface area (Å²) in [6.07, 6.45) is 0. The number of Topliss-reactive ketones (excluding diaryl/α,β-unsaturated/α-hetero) is 1. The molecule has 0 aliphatic carbocycles. The molecule has 2 nitrogen and oxygen atoms in total. The van der Waals surface area contributed by atoms with Crippen LogP contribution in [0, 0.1) is 0 Å². The molecule has 2 rings (SSSR count). The van der Waals surface area contributed by atoms with Gasteiger partial charge in [-0.2, -0.15) is 0 Å². The molecule has 2 aromatic rings. The summed E-state index contributed by atoms with van der Waals surface area (Å²) >= 11 is 3.45. The van der Waals surface area contributed by atoms with Crippen molar-refractivity contribution in [2.75, 3.05) is 7.11 Å². The fraction of sp³-hybridized carbons (Fsp3) is 0.235. The van der Waals surface area contributed by atoms with Crippen molar-refractivity contribution in [3.63, 3.8) is 0 Å². The predicted octanol–water partition coefficient (Wildman–Crippen LogP) is 4.62. The highest BCUT2D eigenvalue weighted by molar-refractivity contribution is 9.10. The third-order valence-electron chi connectivity index (χ3n) is 3.48. The minimum absolute atomic E-state index is 0.0817. The second kappa shape index (κ2) is 5.80. The Morgan fingerprint density at radius 1 is 1.10 bits per heavy atom. The number of benzene rings is 2. The Morgan fingerprint density at radius 2 is 1.75 bits per heavy atom. The maximum atomic E-state index is 12.8. The molecule has 0 N–H and O–H groups in total. The summed E-state index contributed by atoms with van der Waals surface area (Å²) in [5, 5.41) is 0. The molecule has 2 aromatic carbocycles. The molecule has 104 valence electrons. The highest BCUT2D eigenvalue weighted by Crippen LogP contribution is 2.32. The van der Waals surface area contributed by atoms with Gasteiger partial charge in [-0.15, -0.1) is 0 Å². The van der Waals surface area contributed by atoms with E-state index in [4.69, 9.17) is 4.74 Å². The van der Waals surface area contributed by atoms with Crippen molar-refractivity contribution in [3.05, 3.63) is 64.1 Å². The molecule has 3 heteroatoms. The number of hydrogen-bond donors (Lipinski definition) is 0. The minimum Gasteiger partial charge on any atom is -0.497 e. The normalized spacial score (nSPS) is 11.2. The molecule has 0 aliphatic heterocycles. The molecule has 0 aromatic heterocycles. The van der Waals surface area contributed by atoms with Gasteiger partial charge in [-0.3, -0.25) is 4.79 Å². The lowest BCUT2D eigenvalue weighted by molar-refractivity contribution is 0.0908. The Balaban J connectivity index is 2.41. The summed E-state index contributed by atoms with van der Waals surface area (Å²) in [6.45, 7) is 3.89. The average molecular weight is 333 g/mol. The number of hydrogen-bond acceptors (Lipinski definition) is 2. The molecule has 0 spiro atoms. The van der Waals surface area contributed by atoms with Gasteiger partial charge in [0.1, 0.15) is 5.75 Å². The molecule has 0 saturated carbocycles. The average Bonchev–Trinajstić information content (AvgIpc) is 2.47. The van der Waals surface area contributed by atoms with Gasteiger partial charge in [-0.05, 0) is 53.5 Å². The first-order valence-corrected chi connectivity index (χ1v) is 7.20. The summed E-state index contributed by atoms with van der Waals surface area (Å²) in [5.41, 5.74) is 1.10. The van der Waals surface area contributed by atoms with Crippen molar-refractivity contribution < 1.29 is 9.53 Å². The fourth-order valence-corrected chi connectivity index (χ4v) is 2.67. The van der Waals surface area contributed by atoms with Crippen molar-refractivity contribution in [3.8, 4) is 5.75 Å². The molecule has 0 aliphatic rings. The number of rotatable bonds is 4. The van der Waals surface area contributed by atoms with Crippen LogP contribution in [0.4, 0.5) is 0 Å². The summed E-state index contributed by atoms with van der Waals surface area (Å²) in [5.74, 6) is 0.809. The van der Waals surface area contributed by atoms with E-state index in [-0.39, 0.29) is 5.78 Å². The highest BCUT2D eigenvalue weighted by atomic mass is 79.9. The maximum Gasteiger partial charge on any atom is 0.173 e. The third kappa shape index (κ3) is 2.78. The first kappa shape index (κ1) is 14.8. The number of carbonyl (C=O) groups excluding carboxylic acids is 1. The van der Waals surface area contributed by atoms with Crippen LogP contribution >= 0.6 is 15.9 Å². The lowest BCUT2D eigenvalue weighted by Gasteiger charge is -2.24. The first-order valence-electron chi connectivity index (χ1n) is 6.40. The minimum atomic E-state index is -0.571. The van der Waals surface area contributed by atoms with Gasteiger partial charge < -0.3 is 4.74 Å². The largest absolute Gasteiger partial charge is 0.497 e. The number of methoxy groups -OCH3 is 1. The van der Waals surface area contributed by atoms with E-state index in [2.05, 4.69) is 15.9 Å². The Hall–Kier alpha value is -1.61. The van der Waals surface area contributed by atoms with E-state index in [9.17, 15) is 4.79 Å². The summed E-state index contributed by atoms with van der Waals surface area (Å²) in [7, 11) is 1.61. The topological polar surface area (TPSA) is 26.3 Å². The number of ketones is 1. The molecule has 0 fully saturated rings. The highest BCUT2D eigenvalue weighted by Gasteiger charge is 2.31. The maximum absolute atomic E-state index is 12.8. The Kier molecular flexibility index (Phi) is 4.29. The Morgan fingerprint density at radius 3 is 2.30 bits per heavy atom. The summed E-state index contributed by atoms with van der Waals surface area (Å²) in [4.78, 5) is 12.8. The van der Waals surface area contributed by atoms with Crippen LogP contribution in [-0.2, 0) is 5.41 Å². The third-order valence-corrected chi connectivity index (χ3v) is 4.14. The number of halogens is 1. The molecule has 0 bridgehead atoms. The van der Waals surface area contributed by atoms with Gasteiger partial charge >= 0.3 is 0 Å². The summed E-state index contributed by atoms with van der Waals surface area (Å²) in [6, 6.07) is 15.2. The van der Waals surface area contributed by atoms with Crippen LogP contribution in [0.15, 0.2) is 53.0 Å². The lowest BCUT2D eigenvalue weighted by atomic mass is 9.78. The van der Waals surface area contributed by atoms with E-state index < -0.39 is 5.41 Å². The Labute approximate surface area is 127 Å². The second-order valence-corrected chi connectivity index (χ2v) is 6.02. The van der Waals surface area contributed by atoms with Crippen LogP contribution in [0.5, 0.6) is 5.75 Å². The van der Waals surface area contributed by atoms with Crippen LogP contribution < -0.4 is 4.74 Å². The standard InChI is InChI=1S/C17H17BrO2/c1-17(2,12-7-5-4-6-8-12)16(19)14-10-9-13(20-3)11-15(14)18/h4-11H,1-3H3. The van der Waals surface area contributed by atoms with Crippen LogP contribution in [0.1, 0.15) is 29.8 Å². The quantitative estimate of drug-likeness (QED) is 0.763. The van der Waals surface area contributed by atoms with Crippen LogP contribution in [0.2, 0.25) is 0 Å². The molecule has 0 radical (unpaired) electrons. The molecule has 0 unspecified atom stereocenters. The SMILES string of the molecule is COc1ccc(C(=O)C(C)(C)c2ccccc2)c(Br)c1. The molecule has 20 heavy (non-hydrogen) atoms. The van der Waals surface area contributed by atoms with Gasteiger partial charge in [-0.1, -0.05) is 30.3 Å². The van der Waals surface area contributed by atoms with Crippen molar-refractivity contribution in [2.24, 2.45) is 0 Å². The lowest BCUT2D eigenvalue weighted by Crippen LogP contribution is -2.29. The zero-order chi connectivity index (χ0) is 14.8. The molecular formula is C17H17BrO2. The van der Waals surface area contributed by atoms with Gasteiger partial charge in [0, 0.05) is 10.0 Å². The van der Waals surface area contributed by atoms with E-state index in [0.717, 1.165) is 15.8 Å². The summed E-state index contributed by atoms with van der Waals surface area (Å²) < 4.78 is 5.91. The smallest absolute Gasteiger partial charge is 0.173 e. The second-order valence-electron chi connectivity index (χ2n) is 5.17. The van der Waals surface area contributed by atoms with Crippen LogP contribution in [0.25, 0.3) is 0 Å². The predicted molar refractivity (Wildman–Crippen MR) is 84.5 cm³/mol. The zero-order valence-electron chi connectivity index (χ0n) is 11.8. The molecule has 0 atom stereocenters. The zero-order valence-corrected chi connectivity index (χ0v) is 13.4. The van der Waals surface area contributed by atoms with E-state index in [1.807, 2.05) is 50.2 Å². The van der Waals surface area contributed by atoms with Crippen molar-refractivity contribution >= 4 is 21.7 Å². The number of ether oxygens (including phenoxy) is 1. The molecule has 0 heterocycles. The first-order chi connectivity index (χ1) is 9.46. The molecular weight excluding hydrogens is 316 g/mol. The van der Waals surface area contributed by atoms with Crippen molar-refractivity contribution in [1.82, 2.24) is 0 Å². The van der Waals surface area contributed by atoms with Crippen LogP contribution in [-0.4, -0.2) is 12.9 Å². The Bertz CT molecular complexity index is 618. The van der Waals surface area contributed by atoms with E-state index in [1.54, 1.807) is 19.2 Å².